The molecule has 1 aliphatic rings. The number of aromatic nitrogens is 2. The number of nitrogens with one attached hydrogen (secondary N) is 1. The van der Waals surface area contributed by atoms with Gasteiger partial charge in [-0.05, 0) is 50.5 Å². The molecule has 2 aromatic rings. The number of carbonyl (C=O) groups is 1. The van der Waals surface area contributed by atoms with E-state index in [2.05, 4.69) is 24.3 Å². The Labute approximate surface area is 148 Å². The molecule has 1 aromatic carbocycles. The largest absolute Gasteiger partial charge is 0.491 e. The van der Waals surface area contributed by atoms with Crippen LogP contribution in [0.5, 0.6) is 5.75 Å². The predicted octanol–water partition coefficient (Wildman–Crippen LogP) is 3.66. The number of benzene rings is 1. The Kier molecular flexibility index (Phi) is 5.71. The number of carbonyl (C=O) groups excluding carboxylic acids is 1. The minimum Gasteiger partial charge on any atom is -0.491 e. The van der Waals surface area contributed by atoms with Gasteiger partial charge in [-0.2, -0.15) is 5.10 Å². The van der Waals surface area contributed by atoms with Crippen molar-refractivity contribution in [3.8, 4) is 5.75 Å². The number of rotatable bonds is 7. The second-order valence-electron chi connectivity index (χ2n) is 6.34. The van der Waals surface area contributed by atoms with E-state index in [0.29, 0.717) is 18.0 Å². The van der Waals surface area contributed by atoms with Crippen LogP contribution in [0.15, 0.2) is 36.5 Å². The van der Waals surface area contributed by atoms with Gasteiger partial charge < -0.3 is 14.8 Å². The van der Waals surface area contributed by atoms with E-state index in [0.717, 1.165) is 31.6 Å². The molecule has 0 spiro atoms. The van der Waals surface area contributed by atoms with E-state index in [-0.39, 0.29) is 18.1 Å². The second-order valence-corrected chi connectivity index (χ2v) is 6.34. The Morgan fingerprint density at radius 3 is 2.88 bits per heavy atom. The van der Waals surface area contributed by atoms with Crippen molar-refractivity contribution in [1.82, 2.24) is 9.78 Å². The van der Waals surface area contributed by atoms with E-state index in [9.17, 15) is 4.79 Å². The van der Waals surface area contributed by atoms with Gasteiger partial charge in [0.1, 0.15) is 18.2 Å². The maximum Gasteiger partial charge on any atom is 0.256 e. The third kappa shape index (κ3) is 4.39. The number of anilines is 1. The Balaban J connectivity index is 1.58. The van der Waals surface area contributed by atoms with Gasteiger partial charge in [0.25, 0.3) is 5.91 Å². The SMILES string of the molecule is CCC(C)n1nccc1NC(=O)c1ccc(OCC2CCCO2)cc1. The highest BCUT2D eigenvalue weighted by Gasteiger charge is 2.16. The van der Waals surface area contributed by atoms with Crippen molar-refractivity contribution in [1.29, 1.82) is 0 Å². The molecule has 1 fully saturated rings. The first-order valence-electron chi connectivity index (χ1n) is 8.86. The number of hydrogen-bond donors (Lipinski definition) is 1. The lowest BCUT2D eigenvalue weighted by Crippen LogP contribution is -2.18. The Morgan fingerprint density at radius 1 is 1.40 bits per heavy atom. The van der Waals surface area contributed by atoms with Crippen LogP contribution in [0.2, 0.25) is 0 Å². The summed E-state index contributed by atoms with van der Waals surface area (Å²) in [4.78, 5) is 12.4. The lowest BCUT2D eigenvalue weighted by molar-refractivity contribution is 0.0679. The maximum absolute atomic E-state index is 12.4. The zero-order valence-corrected chi connectivity index (χ0v) is 14.8. The molecule has 2 unspecified atom stereocenters. The first kappa shape index (κ1) is 17.5. The van der Waals surface area contributed by atoms with Gasteiger partial charge in [-0.1, -0.05) is 6.92 Å². The van der Waals surface area contributed by atoms with E-state index < -0.39 is 0 Å². The molecule has 1 saturated heterocycles. The van der Waals surface area contributed by atoms with Crippen LogP contribution in [0.4, 0.5) is 5.82 Å². The van der Waals surface area contributed by atoms with E-state index >= 15 is 0 Å². The van der Waals surface area contributed by atoms with Gasteiger partial charge in [-0.25, -0.2) is 4.68 Å². The van der Waals surface area contributed by atoms with Crippen LogP contribution in [-0.2, 0) is 4.74 Å². The summed E-state index contributed by atoms with van der Waals surface area (Å²) >= 11 is 0. The minimum absolute atomic E-state index is 0.157. The smallest absolute Gasteiger partial charge is 0.256 e. The number of nitrogens with zero attached hydrogens (tertiary/aromatic N) is 2. The van der Waals surface area contributed by atoms with Crippen LogP contribution in [0.25, 0.3) is 0 Å². The lowest BCUT2D eigenvalue weighted by Gasteiger charge is -2.14. The monoisotopic (exact) mass is 343 g/mol. The first-order chi connectivity index (χ1) is 12.2. The molecule has 1 N–H and O–H groups in total. The van der Waals surface area contributed by atoms with Crippen LogP contribution in [0, 0.1) is 0 Å². The van der Waals surface area contributed by atoms with Crippen molar-refractivity contribution < 1.29 is 14.3 Å². The van der Waals surface area contributed by atoms with Crippen molar-refractivity contribution in [3.05, 3.63) is 42.1 Å². The maximum atomic E-state index is 12.4. The van der Waals surface area contributed by atoms with Gasteiger partial charge >= 0.3 is 0 Å². The topological polar surface area (TPSA) is 65.4 Å². The summed E-state index contributed by atoms with van der Waals surface area (Å²) in [5.41, 5.74) is 0.585. The summed E-state index contributed by atoms with van der Waals surface area (Å²) in [7, 11) is 0. The third-order valence-corrected chi connectivity index (χ3v) is 4.50. The van der Waals surface area contributed by atoms with Crippen molar-refractivity contribution in [2.45, 2.75) is 45.3 Å². The quantitative estimate of drug-likeness (QED) is 0.833. The van der Waals surface area contributed by atoms with E-state index in [1.54, 1.807) is 18.3 Å². The van der Waals surface area contributed by atoms with E-state index in [1.165, 1.54) is 0 Å². The highest BCUT2D eigenvalue weighted by molar-refractivity contribution is 6.03. The third-order valence-electron chi connectivity index (χ3n) is 4.50. The fourth-order valence-electron chi connectivity index (χ4n) is 2.79. The average Bonchev–Trinajstić information content (AvgIpc) is 3.31. The molecular formula is C19H25N3O3. The summed E-state index contributed by atoms with van der Waals surface area (Å²) in [6, 6.07) is 9.21. The summed E-state index contributed by atoms with van der Waals surface area (Å²) in [5.74, 6) is 1.30. The summed E-state index contributed by atoms with van der Waals surface area (Å²) < 4.78 is 13.1. The molecule has 0 saturated carbocycles. The van der Waals surface area contributed by atoms with Crippen molar-refractivity contribution >= 4 is 11.7 Å². The molecule has 0 bridgehead atoms. The van der Waals surface area contributed by atoms with Crippen molar-refractivity contribution in [2.24, 2.45) is 0 Å². The summed E-state index contributed by atoms with van der Waals surface area (Å²) in [6.07, 6.45) is 4.97. The van der Waals surface area contributed by atoms with Crippen LogP contribution >= 0.6 is 0 Å². The van der Waals surface area contributed by atoms with Gasteiger partial charge in [0.15, 0.2) is 0 Å². The molecule has 2 atom stereocenters. The Hall–Kier alpha value is -2.34. The molecule has 0 aliphatic carbocycles. The molecule has 2 heterocycles. The predicted molar refractivity (Wildman–Crippen MR) is 96.1 cm³/mol. The number of amides is 1. The average molecular weight is 343 g/mol. The first-order valence-corrected chi connectivity index (χ1v) is 8.86. The fourth-order valence-corrected chi connectivity index (χ4v) is 2.79. The summed E-state index contributed by atoms with van der Waals surface area (Å²) in [5, 5.41) is 7.20. The number of ether oxygens (including phenoxy) is 2. The standard InChI is InChI=1S/C19H25N3O3/c1-3-14(2)22-18(10-11-20-22)21-19(23)15-6-8-16(9-7-15)25-13-17-5-4-12-24-17/h6-11,14,17H,3-5,12-13H2,1-2H3,(H,21,23). The Morgan fingerprint density at radius 2 is 2.20 bits per heavy atom. The number of hydrogen-bond acceptors (Lipinski definition) is 4. The molecule has 25 heavy (non-hydrogen) atoms. The molecule has 6 heteroatoms. The van der Waals surface area contributed by atoms with Crippen LogP contribution in [0.3, 0.4) is 0 Å². The summed E-state index contributed by atoms with van der Waals surface area (Å²) in [6.45, 7) is 5.54. The molecule has 1 amide bonds. The van der Waals surface area contributed by atoms with Crippen LogP contribution < -0.4 is 10.1 Å². The second kappa shape index (κ2) is 8.16. The molecule has 1 aromatic heterocycles. The molecule has 0 radical (unpaired) electrons. The van der Waals surface area contributed by atoms with E-state index in [4.69, 9.17) is 9.47 Å². The van der Waals surface area contributed by atoms with Gasteiger partial charge in [0.2, 0.25) is 0 Å². The van der Waals surface area contributed by atoms with E-state index in [1.807, 2.05) is 22.9 Å². The van der Waals surface area contributed by atoms with Gasteiger partial charge in [-0.3, -0.25) is 4.79 Å². The Bertz CT molecular complexity index is 690. The van der Waals surface area contributed by atoms with Gasteiger partial charge in [0, 0.05) is 18.2 Å². The van der Waals surface area contributed by atoms with Crippen LogP contribution in [-0.4, -0.2) is 35.0 Å². The highest BCUT2D eigenvalue weighted by atomic mass is 16.5. The van der Waals surface area contributed by atoms with Crippen molar-refractivity contribution in [2.75, 3.05) is 18.5 Å². The lowest BCUT2D eigenvalue weighted by atomic mass is 10.2. The zero-order valence-electron chi connectivity index (χ0n) is 14.8. The van der Waals surface area contributed by atoms with Gasteiger partial charge in [0.05, 0.1) is 18.3 Å². The molecule has 3 rings (SSSR count). The highest BCUT2D eigenvalue weighted by Crippen LogP contribution is 2.19. The normalized spacial score (nSPS) is 18.1. The fraction of sp³-hybridized carbons (Fsp3) is 0.474. The minimum atomic E-state index is -0.157. The molecular weight excluding hydrogens is 318 g/mol. The molecule has 1 aliphatic heterocycles. The zero-order chi connectivity index (χ0) is 17.6. The molecule has 134 valence electrons. The van der Waals surface area contributed by atoms with Gasteiger partial charge in [-0.15, -0.1) is 0 Å². The van der Waals surface area contributed by atoms with Crippen LogP contribution in [0.1, 0.15) is 49.5 Å². The molecule has 6 nitrogen and oxygen atoms in total. The van der Waals surface area contributed by atoms with Crippen molar-refractivity contribution in [3.63, 3.8) is 0 Å².